The van der Waals surface area contributed by atoms with Crippen LogP contribution in [0.5, 0.6) is 17.2 Å². The van der Waals surface area contributed by atoms with Crippen LogP contribution in [-0.2, 0) is 9.84 Å². The molecule has 2 fully saturated rings. The van der Waals surface area contributed by atoms with Crippen molar-refractivity contribution < 1.29 is 27.4 Å². The van der Waals surface area contributed by atoms with Gasteiger partial charge in [-0.2, -0.15) is 4.99 Å². The molecule has 0 N–H and O–H groups in total. The van der Waals surface area contributed by atoms with Crippen molar-refractivity contribution in [2.45, 2.75) is 11.3 Å². The van der Waals surface area contributed by atoms with Gasteiger partial charge in [-0.05, 0) is 30.3 Å². The van der Waals surface area contributed by atoms with Gasteiger partial charge in [0, 0.05) is 10.8 Å². The fourth-order valence-corrected chi connectivity index (χ4v) is 7.76. The molecule has 0 aliphatic carbocycles. The van der Waals surface area contributed by atoms with Gasteiger partial charge in [0.1, 0.15) is 5.75 Å². The number of anilines is 1. The van der Waals surface area contributed by atoms with E-state index in [4.69, 9.17) is 14.2 Å². The number of rotatable bonds is 3. The Morgan fingerprint density at radius 3 is 2.80 bits per heavy atom. The molecule has 0 unspecified atom stereocenters. The van der Waals surface area contributed by atoms with Crippen molar-refractivity contribution >= 4 is 38.4 Å². The monoisotopic (exact) mass is 446 g/mol. The lowest BCUT2D eigenvalue weighted by molar-refractivity contribution is 0.100. The standard InChI is InChI=1S/C20H18N2O6S2/c1-26-15-5-3-2-4-13(15)22-14-9-30(24,25)10-18(14)29-20(22)21-19(23)12-6-7-16-17(8-12)28-11-27-16/h2-8,14,18H,9-11H2,1H3/t14-,18+/m1/s1. The number of fused-ring (bicyclic) bond motifs is 2. The molecule has 3 aliphatic heterocycles. The van der Waals surface area contributed by atoms with Crippen molar-refractivity contribution in [3.05, 3.63) is 48.0 Å². The molecule has 1 amide bonds. The summed E-state index contributed by atoms with van der Waals surface area (Å²) in [4.78, 5) is 19.1. The largest absolute Gasteiger partial charge is 0.495 e. The van der Waals surface area contributed by atoms with Crippen LogP contribution in [0.15, 0.2) is 47.5 Å². The van der Waals surface area contributed by atoms with Crippen molar-refractivity contribution in [3.63, 3.8) is 0 Å². The van der Waals surface area contributed by atoms with E-state index in [9.17, 15) is 13.2 Å². The third-order valence-corrected chi connectivity index (χ3v) is 8.44. The van der Waals surface area contributed by atoms with Gasteiger partial charge >= 0.3 is 0 Å². The molecule has 2 aromatic rings. The van der Waals surface area contributed by atoms with E-state index in [1.807, 2.05) is 23.1 Å². The molecule has 10 heteroatoms. The number of amidine groups is 1. The number of benzene rings is 2. The molecule has 156 valence electrons. The maximum Gasteiger partial charge on any atom is 0.279 e. The highest BCUT2D eigenvalue weighted by Crippen LogP contribution is 2.44. The first kappa shape index (κ1) is 19.3. The third kappa shape index (κ3) is 3.29. The number of carbonyl (C=O) groups excluding carboxylic acids is 1. The number of ether oxygens (including phenoxy) is 3. The summed E-state index contributed by atoms with van der Waals surface area (Å²) in [5, 5.41) is 0.273. The summed E-state index contributed by atoms with van der Waals surface area (Å²) in [6, 6.07) is 11.9. The minimum atomic E-state index is -3.15. The molecular formula is C20H18N2O6S2. The number of thioether (sulfide) groups is 1. The zero-order valence-corrected chi connectivity index (χ0v) is 17.6. The molecule has 0 aromatic heterocycles. The highest BCUT2D eigenvalue weighted by atomic mass is 32.2. The molecule has 0 spiro atoms. The number of carbonyl (C=O) groups is 1. The van der Waals surface area contributed by atoms with Crippen LogP contribution in [-0.4, -0.2) is 56.2 Å². The van der Waals surface area contributed by atoms with E-state index < -0.39 is 15.7 Å². The number of amides is 1. The summed E-state index contributed by atoms with van der Waals surface area (Å²) in [6.07, 6.45) is 0. The Morgan fingerprint density at radius 1 is 1.17 bits per heavy atom. The highest BCUT2D eigenvalue weighted by Gasteiger charge is 2.50. The lowest BCUT2D eigenvalue weighted by atomic mass is 10.2. The quantitative estimate of drug-likeness (QED) is 0.709. The van der Waals surface area contributed by atoms with Gasteiger partial charge < -0.3 is 19.1 Å². The Bertz CT molecular complexity index is 1160. The van der Waals surface area contributed by atoms with Crippen molar-refractivity contribution in [2.75, 3.05) is 30.3 Å². The molecular weight excluding hydrogens is 428 g/mol. The van der Waals surface area contributed by atoms with Crippen LogP contribution in [0.2, 0.25) is 0 Å². The molecule has 30 heavy (non-hydrogen) atoms. The van der Waals surface area contributed by atoms with E-state index in [0.717, 1.165) is 0 Å². The van der Waals surface area contributed by atoms with E-state index in [1.54, 1.807) is 31.4 Å². The predicted molar refractivity (Wildman–Crippen MR) is 114 cm³/mol. The smallest absolute Gasteiger partial charge is 0.279 e. The predicted octanol–water partition coefficient (Wildman–Crippen LogP) is 2.34. The summed E-state index contributed by atoms with van der Waals surface area (Å²) >= 11 is 1.32. The Kier molecular flexibility index (Phi) is 4.62. The van der Waals surface area contributed by atoms with Crippen molar-refractivity contribution in [3.8, 4) is 17.2 Å². The number of nitrogens with zero attached hydrogens (tertiary/aromatic N) is 2. The maximum atomic E-state index is 12.9. The van der Waals surface area contributed by atoms with Gasteiger partial charge in [0.25, 0.3) is 5.91 Å². The van der Waals surface area contributed by atoms with Gasteiger partial charge in [0.05, 0.1) is 30.3 Å². The first-order valence-electron chi connectivity index (χ1n) is 9.27. The summed E-state index contributed by atoms with van der Waals surface area (Å²) in [7, 11) is -1.60. The maximum absolute atomic E-state index is 12.9. The van der Waals surface area contributed by atoms with Crippen LogP contribution >= 0.6 is 11.8 Å². The number of sulfone groups is 1. The normalized spacial score (nSPS) is 24.8. The Labute approximate surface area is 177 Å². The number of aliphatic imine (C=N–C) groups is 1. The number of para-hydroxylation sites is 2. The molecule has 0 radical (unpaired) electrons. The zero-order valence-electron chi connectivity index (χ0n) is 16.0. The Hall–Kier alpha value is -2.72. The van der Waals surface area contributed by atoms with E-state index in [2.05, 4.69) is 4.99 Å². The molecule has 3 heterocycles. The average Bonchev–Trinajstić information content (AvgIpc) is 3.39. The highest BCUT2D eigenvalue weighted by molar-refractivity contribution is 8.16. The first-order chi connectivity index (χ1) is 14.4. The molecule has 0 saturated carbocycles. The van der Waals surface area contributed by atoms with Gasteiger partial charge in [-0.15, -0.1) is 0 Å². The van der Waals surface area contributed by atoms with Crippen LogP contribution < -0.4 is 19.1 Å². The number of methoxy groups -OCH3 is 1. The summed E-state index contributed by atoms with van der Waals surface area (Å²) < 4.78 is 40.6. The van der Waals surface area contributed by atoms with Gasteiger partial charge in [0.2, 0.25) is 6.79 Å². The molecule has 3 aliphatic rings. The van der Waals surface area contributed by atoms with Crippen LogP contribution in [0.4, 0.5) is 5.69 Å². The van der Waals surface area contributed by atoms with E-state index >= 15 is 0 Å². The zero-order chi connectivity index (χ0) is 20.9. The fourth-order valence-electron chi connectivity index (χ4n) is 3.86. The average molecular weight is 447 g/mol. The van der Waals surface area contributed by atoms with Crippen LogP contribution in [0.1, 0.15) is 10.4 Å². The van der Waals surface area contributed by atoms with Crippen LogP contribution in [0.3, 0.4) is 0 Å². The Morgan fingerprint density at radius 2 is 1.97 bits per heavy atom. The second-order valence-corrected chi connectivity index (χ2v) is 10.5. The van der Waals surface area contributed by atoms with Gasteiger partial charge in [-0.25, -0.2) is 8.42 Å². The van der Waals surface area contributed by atoms with E-state index in [0.29, 0.717) is 33.7 Å². The molecule has 2 atom stereocenters. The second kappa shape index (κ2) is 7.21. The topological polar surface area (TPSA) is 94.5 Å². The molecule has 2 aromatic carbocycles. The van der Waals surface area contributed by atoms with Crippen LogP contribution in [0.25, 0.3) is 0 Å². The number of hydrogen-bond acceptors (Lipinski definition) is 7. The summed E-state index contributed by atoms with van der Waals surface area (Å²) in [5.41, 5.74) is 1.06. The molecule has 2 saturated heterocycles. The Balaban J connectivity index is 1.53. The number of hydrogen-bond donors (Lipinski definition) is 0. The molecule has 5 rings (SSSR count). The van der Waals surface area contributed by atoms with Crippen LogP contribution in [0, 0.1) is 0 Å². The third-order valence-electron chi connectivity index (χ3n) is 5.23. The van der Waals surface area contributed by atoms with Gasteiger partial charge in [-0.3, -0.25) is 4.79 Å². The lowest BCUT2D eigenvalue weighted by Gasteiger charge is -2.26. The summed E-state index contributed by atoms with van der Waals surface area (Å²) in [6.45, 7) is 0.122. The van der Waals surface area contributed by atoms with E-state index in [-0.39, 0.29) is 29.6 Å². The minimum absolute atomic E-state index is 0.0138. The second-order valence-electron chi connectivity index (χ2n) is 7.11. The van der Waals surface area contributed by atoms with Gasteiger partial charge in [-0.1, -0.05) is 23.9 Å². The molecule has 8 nitrogen and oxygen atoms in total. The van der Waals surface area contributed by atoms with Crippen molar-refractivity contribution in [1.82, 2.24) is 0 Å². The first-order valence-corrected chi connectivity index (χ1v) is 12.0. The SMILES string of the molecule is COc1ccccc1N1C(=NC(=O)c2ccc3c(c2)OCO3)S[C@H]2CS(=O)(=O)C[C@H]21. The summed E-state index contributed by atoms with van der Waals surface area (Å²) in [5.74, 6) is 1.32. The minimum Gasteiger partial charge on any atom is -0.495 e. The lowest BCUT2D eigenvalue weighted by Crippen LogP contribution is -2.38. The fraction of sp³-hybridized carbons (Fsp3) is 0.300. The van der Waals surface area contributed by atoms with Crippen molar-refractivity contribution in [2.24, 2.45) is 4.99 Å². The van der Waals surface area contributed by atoms with Gasteiger partial charge in [0.15, 0.2) is 26.5 Å². The van der Waals surface area contributed by atoms with E-state index in [1.165, 1.54) is 11.8 Å². The molecule has 0 bridgehead atoms. The van der Waals surface area contributed by atoms with Crippen molar-refractivity contribution in [1.29, 1.82) is 0 Å².